The molecule has 0 radical (unpaired) electrons. The molecule has 5 rings (SSSR count). The van der Waals surface area contributed by atoms with Gasteiger partial charge in [-0.25, -0.2) is 4.98 Å². The molecule has 4 aromatic rings. The lowest BCUT2D eigenvalue weighted by Crippen LogP contribution is -2.23. The molecular weight excluding hydrogens is 478 g/mol. The van der Waals surface area contributed by atoms with Crippen molar-refractivity contribution in [3.63, 3.8) is 0 Å². The Hall–Kier alpha value is -3.69. The van der Waals surface area contributed by atoms with E-state index in [0.29, 0.717) is 49.7 Å². The van der Waals surface area contributed by atoms with Gasteiger partial charge in [-0.3, -0.25) is 14.2 Å². The summed E-state index contributed by atoms with van der Waals surface area (Å²) in [5.74, 6) is 1.32. The molecule has 0 saturated heterocycles. The lowest BCUT2D eigenvalue weighted by molar-refractivity contribution is -0.113. The third-order valence-electron chi connectivity index (χ3n) is 5.13. The standard InChI is InChI=1S/C24H18ClN3O5S/c1-31-15-6-4-5-14(9-15)28-23(30)16-7-2-3-8-18(16)27-24(28)34-12-22(29)26-19-11-21-20(10-17(19)25)32-13-33-21/h2-11H,12-13H2,1H3,(H,26,29). The van der Waals surface area contributed by atoms with E-state index < -0.39 is 0 Å². The van der Waals surface area contributed by atoms with Crippen LogP contribution >= 0.6 is 23.4 Å². The van der Waals surface area contributed by atoms with Crippen LogP contribution in [0.15, 0.2) is 70.6 Å². The lowest BCUT2D eigenvalue weighted by atomic mass is 10.2. The van der Waals surface area contributed by atoms with Gasteiger partial charge in [0.1, 0.15) is 5.75 Å². The summed E-state index contributed by atoms with van der Waals surface area (Å²) >= 11 is 7.41. The van der Waals surface area contributed by atoms with Crippen LogP contribution in [0.4, 0.5) is 5.69 Å². The number of amides is 1. The Bertz CT molecular complexity index is 1470. The zero-order valence-electron chi connectivity index (χ0n) is 17.9. The highest BCUT2D eigenvalue weighted by molar-refractivity contribution is 7.99. The zero-order valence-corrected chi connectivity index (χ0v) is 19.5. The first-order valence-corrected chi connectivity index (χ1v) is 11.6. The average molecular weight is 496 g/mol. The van der Waals surface area contributed by atoms with Gasteiger partial charge in [-0.05, 0) is 24.3 Å². The van der Waals surface area contributed by atoms with Gasteiger partial charge in [0, 0.05) is 18.2 Å². The van der Waals surface area contributed by atoms with Crippen molar-refractivity contribution in [3.8, 4) is 22.9 Å². The zero-order chi connectivity index (χ0) is 23.7. The first-order valence-electron chi connectivity index (χ1n) is 10.2. The van der Waals surface area contributed by atoms with Gasteiger partial charge in [0.05, 0.1) is 40.2 Å². The molecular formula is C24H18ClN3O5S. The molecule has 1 aliphatic rings. The summed E-state index contributed by atoms with van der Waals surface area (Å²) in [5.41, 5.74) is 1.31. The molecule has 34 heavy (non-hydrogen) atoms. The monoisotopic (exact) mass is 495 g/mol. The van der Waals surface area contributed by atoms with Crippen LogP contribution < -0.4 is 25.1 Å². The van der Waals surface area contributed by atoms with Gasteiger partial charge in [0.25, 0.3) is 5.56 Å². The van der Waals surface area contributed by atoms with Crippen molar-refractivity contribution >= 4 is 45.9 Å². The molecule has 1 aromatic heterocycles. The maximum atomic E-state index is 13.4. The third-order valence-corrected chi connectivity index (χ3v) is 6.38. The summed E-state index contributed by atoms with van der Waals surface area (Å²) in [6, 6.07) is 17.4. The molecule has 0 atom stereocenters. The average Bonchev–Trinajstić information content (AvgIpc) is 3.30. The van der Waals surface area contributed by atoms with E-state index in [0.717, 1.165) is 11.8 Å². The Morgan fingerprint density at radius 2 is 1.94 bits per heavy atom. The van der Waals surface area contributed by atoms with E-state index in [1.807, 2.05) is 6.07 Å². The molecule has 10 heteroatoms. The van der Waals surface area contributed by atoms with Crippen LogP contribution in [0.1, 0.15) is 0 Å². The number of benzene rings is 3. The summed E-state index contributed by atoms with van der Waals surface area (Å²) in [4.78, 5) is 30.8. The number of methoxy groups -OCH3 is 1. The number of thioether (sulfide) groups is 1. The van der Waals surface area contributed by atoms with E-state index in [1.165, 1.54) is 4.57 Å². The minimum Gasteiger partial charge on any atom is -0.497 e. The van der Waals surface area contributed by atoms with Gasteiger partial charge in [-0.1, -0.05) is 41.6 Å². The summed E-state index contributed by atoms with van der Waals surface area (Å²) < 4.78 is 17.4. The van der Waals surface area contributed by atoms with Crippen molar-refractivity contribution in [1.82, 2.24) is 9.55 Å². The maximum Gasteiger partial charge on any atom is 0.266 e. The van der Waals surface area contributed by atoms with E-state index in [9.17, 15) is 9.59 Å². The van der Waals surface area contributed by atoms with Crippen LogP contribution in [-0.4, -0.2) is 35.1 Å². The number of ether oxygens (including phenoxy) is 3. The number of rotatable bonds is 6. The number of carbonyl (C=O) groups excluding carboxylic acids is 1. The number of nitrogens with one attached hydrogen (secondary N) is 1. The Morgan fingerprint density at radius 3 is 2.76 bits per heavy atom. The van der Waals surface area contributed by atoms with Crippen molar-refractivity contribution in [2.45, 2.75) is 5.16 Å². The van der Waals surface area contributed by atoms with E-state index in [2.05, 4.69) is 10.3 Å². The van der Waals surface area contributed by atoms with Gasteiger partial charge >= 0.3 is 0 Å². The number of carbonyl (C=O) groups is 1. The van der Waals surface area contributed by atoms with Crippen molar-refractivity contribution < 1.29 is 19.0 Å². The maximum absolute atomic E-state index is 13.4. The SMILES string of the molecule is COc1cccc(-n2c(SCC(=O)Nc3cc4c(cc3Cl)OCO4)nc3ccccc3c2=O)c1. The molecule has 1 amide bonds. The molecule has 0 aliphatic carbocycles. The molecule has 0 spiro atoms. The smallest absolute Gasteiger partial charge is 0.266 e. The topological polar surface area (TPSA) is 91.7 Å². The van der Waals surface area contributed by atoms with E-state index >= 15 is 0 Å². The van der Waals surface area contributed by atoms with Crippen molar-refractivity contribution in [3.05, 3.63) is 76.0 Å². The molecule has 8 nitrogen and oxygen atoms in total. The highest BCUT2D eigenvalue weighted by atomic mass is 35.5. The molecule has 1 aliphatic heterocycles. The third kappa shape index (κ3) is 4.27. The van der Waals surface area contributed by atoms with Crippen LogP contribution in [0.25, 0.3) is 16.6 Å². The number of para-hydroxylation sites is 1. The molecule has 1 N–H and O–H groups in total. The van der Waals surface area contributed by atoms with Crippen molar-refractivity contribution in [2.75, 3.05) is 25.0 Å². The number of fused-ring (bicyclic) bond motifs is 2. The highest BCUT2D eigenvalue weighted by Crippen LogP contribution is 2.39. The predicted octanol–water partition coefficient (Wildman–Crippen LogP) is 4.51. The fraction of sp³-hybridized carbons (Fsp3) is 0.125. The van der Waals surface area contributed by atoms with Crippen LogP contribution in [0.3, 0.4) is 0 Å². The van der Waals surface area contributed by atoms with Crippen LogP contribution in [0.2, 0.25) is 5.02 Å². The quantitative estimate of drug-likeness (QED) is 0.311. The number of hydrogen-bond acceptors (Lipinski definition) is 7. The van der Waals surface area contributed by atoms with Crippen LogP contribution in [0, 0.1) is 0 Å². The fourth-order valence-electron chi connectivity index (χ4n) is 3.52. The minimum absolute atomic E-state index is 0.000477. The molecule has 2 heterocycles. The Labute approximate surface area is 203 Å². The number of hydrogen-bond donors (Lipinski definition) is 1. The second-order valence-corrected chi connectivity index (χ2v) is 8.63. The molecule has 0 bridgehead atoms. The van der Waals surface area contributed by atoms with Crippen molar-refractivity contribution in [1.29, 1.82) is 0 Å². The Balaban J connectivity index is 1.45. The van der Waals surface area contributed by atoms with E-state index in [-0.39, 0.29) is 24.0 Å². The Kier molecular flexibility index (Phi) is 6.04. The largest absolute Gasteiger partial charge is 0.497 e. The summed E-state index contributed by atoms with van der Waals surface area (Å²) in [6.07, 6.45) is 0. The van der Waals surface area contributed by atoms with Gasteiger partial charge in [-0.15, -0.1) is 0 Å². The van der Waals surface area contributed by atoms with Crippen LogP contribution in [-0.2, 0) is 4.79 Å². The second-order valence-electron chi connectivity index (χ2n) is 7.28. The Morgan fingerprint density at radius 1 is 1.15 bits per heavy atom. The highest BCUT2D eigenvalue weighted by Gasteiger charge is 2.19. The normalized spacial score (nSPS) is 12.1. The van der Waals surface area contributed by atoms with Crippen LogP contribution in [0.5, 0.6) is 17.2 Å². The fourth-order valence-corrected chi connectivity index (χ4v) is 4.53. The first kappa shape index (κ1) is 22.1. The van der Waals surface area contributed by atoms with Crippen molar-refractivity contribution in [2.24, 2.45) is 0 Å². The first-order chi connectivity index (χ1) is 16.5. The van der Waals surface area contributed by atoms with E-state index in [1.54, 1.807) is 61.7 Å². The summed E-state index contributed by atoms with van der Waals surface area (Å²) in [7, 11) is 1.56. The molecule has 0 unspecified atom stereocenters. The predicted molar refractivity (Wildman–Crippen MR) is 131 cm³/mol. The molecule has 172 valence electrons. The number of anilines is 1. The molecule has 0 saturated carbocycles. The van der Waals surface area contributed by atoms with Gasteiger partial charge in [0.2, 0.25) is 12.7 Å². The van der Waals surface area contributed by atoms with E-state index in [4.69, 9.17) is 25.8 Å². The number of halogens is 1. The number of nitrogens with zero attached hydrogens (tertiary/aromatic N) is 2. The number of aromatic nitrogens is 2. The molecule has 0 fully saturated rings. The molecule has 3 aromatic carbocycles. The van der Waals surface area contributed by atoms with Gasteiger partial charge in [0.15, 0.2) is 16.7 Å². The summed E-state index contributed by atoms with van der Waals surface area (Å²) in [6.45, 7) is 0.106. The minimum atomic E-state index is -0.314. The van der Waals surface area contributed by atoms with Gasteiger partial charge in [-0.2, -0.15) is 0 Å². The van der Waals surface area contributed by atoms with Gasteiger partial charge < -0.3 is 19.5 Å². The summed E-state index contributed by atoms with van der Waals surface area (Å²) in [5, 5.41) is 3.97. The lowest BCUT2D eigenvalue weighted by Gasteiger charge is -2.14. The second kappa shape index (κ2) is 9.28.